The molecule has 1 N–H and O–H groups in total. The van der Waals surface area contributed by atoms with E-state index in [0.717, 1.165) is 45.0 Å². The van der Waals surface area contributed by atoms with Crippen molar-refractivity contribution in [2.75, 3.05) is 0 Å². The van der Waals surface area contributed by atoms with Gasteiger partial charge >= 0.3 is 5.97 Å². The zero-order valence-electron chi connectivity index (χ0n) is 19.5. The first kappa shape index (κ1) is 23.6. The van der Waals surface area contributed by atoms with E-state index in [0.29, 0.717) is 32.7 Å². The number of carbonyl (C=O) groups is 1. The maximum Gasteiger partial charge on any atom is 0.336 e. The Labute approximate surface area is 230 Å². The van der Waals surface area contributed by atoms with E-state index in [1.165, 1.54) is 0 Å². The predicted molar refractivity (Wildman–Crippen MR) is 156 cm³/mol. The molecule has 5 aliphatic rings. The minimum absolute atomic E-state index is 0.236. The van der Waals surface area contributed by atoms with Crippen molar-refractivity contribution < 1.29 is 9.90 Å². The van der Waals surface area contributed by atoms with Crippen LogP contribution in [0.25, 0.3) is 5.57 Å². The van der Waals surface area contributed by atoms with Crippen molar-refractivity contribution in [2.24, 2.45) is 20.0 Å². The molecule has 5 heterocycles. The summed E-state index contributed by atoms with van der Waals surface area (Å²) in [6, 6.07) is 5.54. The number of carboxylic acid groups (broad SMARTS) is 1. The Balaban J connectivity index is 1.57. The van der Waals surface area contributed by atoms with Gasteiger partial charge in [-0.2, -0.15) is 0 Å². The van der Waals surface area contributed by atoms with Crippen LogP contribution in [0.5, 0.6) is 0 Å². The first-order chi connectivity index (χ1) is 17.9. The second-order valence-electron chi connectivity index (χ2n) is 8.66. The molecule has 0 fully saturated rings. The fourth-order valence-electron chi connectivity index (χ4n) is 4.40. The van der Waals surface area contributed by atoms with E-state index in [-0.39, 0.29) is 5.56 Å². The summed E-state index contributed by atoms with van der Waals surface area (Å²) >= 11 is 7.37. The number of hydrogen-bond acceptors (Lipinski definition) is 5. The topological polar surface area (TPSA) is 86.7 Å². The van der Waals surface area contributed by atoms with Gasteiger partial charge in [-0.15, -0.1) is 0 Å². The molecule has 0 saturated carbocycles. The van der Waals surface area contributed by atoms with Crippen LogP contribution in [0.4, 0.5) is 0 Å². The molecular weight excluding hydrogens is 596 g/mol. The highest BCUT2D eigenvalue weighted by Gasteiger charge is 2.26. The van der Waals surface area contributed by atoms with Gasteiger partial charge in [-0.1, -0.05) is 19.1 Å². The molecule has 5 aliphatic heterocycles. The highest BCUT2D eigenvalue weighted by molar-refractivity contribution is 9.12. The van der Waals surface area contributed by atoms with E-state index in [1.807, 2.05) is 73.7 Å². The number of aryl methyl sites for hydroxylation is 1. The molecule has 8 bridgehead atoms. The molecular formula is C29H18Br2N4O2. The molecule has 1 aromatic rings. The molecule has 0 radical (unpaired) electrons. The lowest BCUT2D eigenvalue weighted by Gasteiger charge is -2.12. The summed E-state index contributed by atoms with van der Waals surface area (Å²) in [5.74, 6) is -0.982. The maximum absolute atomic E-state index is 12.2. The molecule has 0 unspecified atom stereocenters. The Morgan fingerprint density at radius 3 is 2.22 bits per heavy atom. The van der Waals surface area contributed by atoms with Crippen LogP contribution < -0.4 is 0 Å². The Bertz CT molecular complexity index is 1690. The predicted octanol–water partition coefficient (Wildman–Crippen LogP) is 6.81. The van der Waals surface area contributed by atoms with Crippen molar-refractivity contribution in [2.45, 2.75) is 13.3 Å². The minimum Gasteiger partial charge on any atom is -0.478 e. The summed E-state index contributed by atoms with van der Waals surface area (Å²) in [5, 5.41) is 10.0. The second-order valence-corrected chi connectivity index (χ2v) is 10.3. The Morgan fingerprint density at radius 2 is 1.51 bits per heavy atom. The number of aliphatic imine (C=N–C) groups is 4. The first-order valence-corrected chi connectivity index (χ1v) is 13.2. The van der Waals surface area contributed by atoms with Crippen LogP contribution in [0.1, 0.15) is 28.4 Å². The van der Waals surface area contributed by atoms with Gasteiger partial charge in [0.15, 0.2) is 0 Å². The minimum atomic E-state index is -0.982. The molecule has 6 rings (SSSR count). The van der Waals surface area contributed by atoms with Gasteiger partial charge in [-0.05, 0) is 110 Å². The zero-order valence-corrected chi connectivity index (χ0v) is 22.7. The third-order valence-electron chi connectivity index (χ3n) is 6.26. The van der Waals surface area contributed by atoms with Crippen LogP contribution in [0.3, 0.4) is 0 Å². The standard InChI is InChI=1S/C29H18Br2N4O2/c1-2-15-3-7-20(22(11-15)29(36)37)21-14-19-13-18-5-9-24(33-18)26(30)23-8-4-16(32-23)12-17-6-10-25(34-17)27(31)28(21)35-19/h3-14H,2H2,1H3,(H,36,37). The van der Waals surface area contributed by atoms with Crippen LogP contribution >= 0.6 is 31.9 Å². The van der Waals surface area contributed by atoms with Gasteiger partial charge in [0.2, 0.25) is 0 Å². The lowest BCUT2D eigenvalue weighted by Crippen LogP contribution is -2.08. The number of rotatable bonds is 3. The molecule has 0 aliphatic carbocycles. The Hall–Kier alpha value is -3.75. The average Bonchev–Trinajstić information content (AvgIpc) is 3.70. The number of nitrogens with zero attached hydrogens (tertiary/aromatic N) is 4. The molecule has 1 aromatic carbocycles. The summed E-state index contributed by atoms with van der Waals surface area (Å²) < 4.78 is 1.47. The lowest BCUT2D eigenvalue weighted by atomic mass is 9.93. The summed E-state index contributed by atoms with van der Waals surface area (Å²) in [4.78, 5) is 31.3. The molecule has 0 atom stereocenters. The highest BCUT2D eigenvalue weighted by atomic mass is 79.9. The van der Waals surface area contributed by atoms with Gasteiger partial charge in [0.25, 0.3) is 0 Å². The van der Waals surface area contributed by atoms with Gasteiger partial charge in [0.05, 0.1) is 60.2 Å². The highest BCUT2D eigenvalue weighted by Crippen LogP contribution is 2.36. The molecule has 8 heteroatoms. The fourth-order valence-corrected chi connectivity index (χ4v) is 5.37. The molecule has 0 amide bonds. The smallest absolute Gasteiger partial charge is 0.336 e. The number of halogens is 2. The van der Waals surface area contributed by atoms with Crippen LogP contribution in [0.2, 0.25) is 0 Å². The molecule has 0 aromatic heterocycles. The number of allylic oxidation sites excluding steroid dienone is 12. The van der Waals surface area contributed by atoms with E-state index in [2.05, 4.69) is 31.9 Å². The van der Waals surface area contributed by atoms with E-state index >= 15 is 0 Å². The Morgan fingerprint density at radius 1 is 0.811 bits per heavy atom. The van der Waals surface area contributed by atoms with Gasteiger partial charge < -0.3 is 5.11 Å². The van der Waals surface area contributed by atoms with E-state index in [9.17, 15) is 9.90 Å². The number of fused-ring (bicyclic) bond motifs is 4. The SMILES string of the molecule is CCc1ccc(C2=CC3=CC4=NC(=C(Br)C5=NC(=CC6=NC(=C(Br)C2=N3)C=C6)C=C5)C=C4)c(C(=O)O)c1. The van der Waals surface area contributed by atoms with Gasteiger partial charge in [-0.3, -0.25) is 0 Å². The van der Waals surface area contributed by atoms with Crippen molar-refractivity contribution in [3.63, 3.8) is 0 Å². The van der Waals surface area contributed by atoms with E-state index < -0.39 is 5.97 Å². The van der Waals surface area contributed by atoms with E-state index in [1.54, 1.807) is 6.07 Å². The summed E-state index contributed by atoms with van der Waals surface area (Å²) in [7, 11) is 0. The van der Waals surface area contributed by atoms with Gasteiger partial charge in [0.1, 0.15) is 0 Å². The maximum atomic E-state index is 12.2. The monoisotopic (exact) mass is 612 g/mol. The lowest BCUT2D eigenvalue weighted by molar-refractivity contribution is 0.0696. The zero-order chi connectivity index (χ0) is 25.7. The fraction of sp³-hybridized carbons (Fsp3) is 0.0690. The second kappa shape index (κ2) is 9.28. The molecule has 37 heavy (non-hydrogen) atoms. The third-order valence-corrected chi connectivity index (χ3v) is 7.85. The molecule has 6 nitrogen and oxygen atoms in total. The number of benzene rings is 1. The summed E-state index contributed by atoms with van der Waals surface area (Å²) in [5.41, 5.74) is 8.30. The van der Waals surface area contributed by atoms with Crippen molar-refractivity contribution in [3.8, 4) is 0 Å². The average molecular weight is 614 g/mol. The molecule has 180 valence electrons. The summed E-state index contributed by atoms with van der Waals surface area (Å²) in [6.45, 7) is 2.00. The van der Waals surface area contributed by atoms with Crippen LogP contribution in [-0.4, -0.2) is 33.9 Å². The quantitative estimate of drug-likeness (QED) is 0.406. The van der Waals surface area contributed by atoms with Crippen LogP contribution in [0.15, 0.2) is 125 Å². The molecule has 0 spiro atoms. The van der Waals surface area contributed by atoms with Crippen molar-refractivity contribution in [1.29, 1.82) is 0 Å². The first-order valence-electron chi connectivity index (χ1n) is 11.6. The third kappa shape index (κ3) is 4.36. The Kier molecular flexibility index (Phi) is 5.93. The van der Waals surface area contributed by atoms with Gasteiger partial charge in [-0.25, -0.2) is 24.8 Å². The normalized spacial score (nSPS) is 19.6. The van der Waals surface area contributed by atoms with Crippen molar-refractivity contribution in [1.82, 2.24) is 0 Å². The molecule has 0 saturated heterocycles. The van der Waals surface area contributed by atoms with Crippen molar-refractivity contribution >= 4 is 66.2 Å². The largest absolute Gasteiger partial charge is 0.478 e. The van der Waals surface area contributed by atoms with Crippen LogP contribution in [-0.2, 0) is 6.42 Å². The van der Waals surface area contributed by atoms with Crippen LogP contribution in [0, 0.1) is 0 Å². The number of hydrogen-bond donors (Lipinski definition) is 1. The number of carboxylic acids is 1. The number of aromatic carboxylic acids is 1. The van der Waals surface area contributed by atoms with Gasteiger partial charge in [0, 0.05) is 5.57 Å². The van der Waals surface area contributed by atoms with E-state index in [4.69, 9.17) is 20.0 Å². The summed E-state index contributed by atoms with van der Waals surface area (Å²) in [6.07, 6.45) is 18.0. The van der Waals surface area contributed by atoms with Crippen molar-refractivity contribution in [3.05, 3.63) is 121 Å².